The maximum atomic E-state index is 13.2. The number of aliphatic hydroxyl groups excluding tert-OH is 1. The number of aliphatic hydroxyl groups is 1. The van der Waals surface area contributed by atoms with Crippen LogP contribution in [0.25, 0.3) is 0 Å². The minimum atomic E-state index is -0.466. The highest BCUT2D eigenvalue weighted by molar-refractivity contribution is 5.46. The zero-order valence-electron chi connectivity index (χ0n) is 7.84. The Morgan fingerprint density at radius 1 is 1.38 bits per heavy atom. The van der Waals surface area contributed by atoms with Crippen LogP contribution in [0.2, 0.25) is 0 Å². The monoisotopic (exact) mass is 180 g/mol. The fourth-order valence-electron chi connectivity index (χ4n) is 1.04. The van der Waals surface area contributed by atoms with Crippen molar-refractivity contribution in [3.8, 4) is 0 Å². The molecule has 0 heterocycles. The van der Waals surface area contributed by atoms with Gasteiger partial charge in [-0.25, -0.2) is 4.39 Å². The molecule has 0 bridgehead atoms. The Kier molecular flexibility index (Phi) is 2.71. The lowest BCUT2D eigenvalue weighted by Crippen LogP contribution is -1.90. The van der Waals surface area contributed by atoms with Gasteiger partial charge in [-0.15, -0.1) is 0 Å². The van der Waals surface area contributed by atoms with Gasteiger partial charge in [0.2, 0.25) is 0 Å². The van der Waals surface area contributed by atoms with Crippen molar-refractivity contribution in [3.63, 3.8) is 0 Å². The quantitative estimate of drug-likeness (QED) is 0.655. The third kappa shape index (κ3) is 2.08. The largest absolute Gasteiger partial charge is 0.507 e. The van der Waals surface area contributed by atoms with Crippen LogP contribution in [0.3, 0.4) is 0 Å². The molecule has 70 valence electrons. The maximum absolute atomic E-state index is 13.2. The van der Waals surface area contributed by atoms with Crippen LogP contribution in [0.4, 0.5) is 4.39 Å². The van der Waals surface area contributed by atoms with Gasteiger partial charge in [0, 0.05) is 5.57 Å². The zero-order chi connectivity index (χ0) is 10.0. The van der Waals surface area contributed by atoms with Crippen LogP contribution in [-0.4, -0.2) is 5.11 Å². The summed E-state index contributed by atoms with van der Waals surface area (Å²) >= 11 is 0. The second-order valence-electron chi connectivity index (χ2n) is 3.34. The standard InChI is InChI=1S/C11H13FO/c1-7(2)9-4-5-11(13)8(3)10(12)6-9/h4-7,13H,3H2,1-2H3. The summed E-state index contributed by atoms with van der Waals surface area (Å²) in [6.07, 6.45) is 4.59. The fraction of sp³-hybridized carbons (Fsp3) is 0.273. The molecule has 1 nitrogen and oxygen atoms in total. The molecule has 0 fully saturated rings. The molecule has 0 aromatic heterocycles. The molecule has 0 aromatic carbocycles. The Bertz CT molecular complexity index is 319. The molecule has 0 aromatic rings. The predicted molar refractivity (Wildman–Crippen MR) is 52.0 cm³/mol. The SMILES string of the molecule is C=C1C(O)=CC=C(C(C)C)C=C1F. The molecule has 0 amide bonds. The van der Waals surface area contributed by atoms with E-state index in [0.29, 0.717) is 0 Å². The molecule has 0 saturated carbocycles. The highest BCUT2D eigenvalue weighted by Crippen LogP contribution is 2.25. The minimum absolute atomic E-state index is 0.0481. The summed E-state index contributed by atoms with van der Waals surface area (Å²) < 4.78 is 13.2. The summed E-state index contributed by atoms with van der Waals surface area (Å²) in [4.78, 5) is 0. The molecule has 0 atom stereocenters. The number of rotatable bonds is 1. The minimum Gasteiger partial charge on any atom is -0.507 e. The average molecular weight is 180 g/mol. The van der Waals surface area contributed by atoms with Crippen molar-refractivity contribution < 1.29 is 9.50 Å². The molecule has 0 aliphatic heterocycles. The van der Waals surface area contributed by atoms with E-state index in [1.807, 2.05) is 13.8 Å². The second-order valence-corrected chi connectivity index (χ2v) is 3.34. The zero-order valence-corrected chi connectivity index (χ0v) is 7.84. The van der Waals surface area contributed by atoms with Gasteiger partial charge in [0.05, 0.1) is 0 Å². The van der Waals surface area contributed by atoms with Gasteiger partial charge in [0.25, 0.3) is 0 Å². The number of halogens is 1. The van der Waals surface area contributed by atoms with Gasteiger partial charge in [0.1, 0.15) is 11.6 Å². The molecule has 0 radical (unpaired) electrons. The van der Waals surface area contributed by atoms with Crippen LogP contribution in [0, 0.1) is 5.92 Å². The first-order chi connectivity index (χ1) is 6.02. The molecule has 13 heavy (non-hydrogen) atoms. The lowest BCUT2D eigenvalue weighted by molar-refractivity contribution is 0.420. The topological polar surface area (TPSA) is 20.2 Å². The van der Waals surface area contributed by atoms with E-state index in [2.05, 4.69) is 6.58 Å². The van der Waals surface area contributed by atoms with Gasteiger partial charge in [-0.3, -0.25) is 0 Å². The van der Waals surface area contributed by atoms with Gasteiger partial charge >= 0.3 is 0 Å². The van der Waals surface area contributed by atoms with Crippen LogP contribution in [-0.2, 0) is 0 Å². The van der Waals surface area contributed by atoms with E-state index in [-0.39, 0.29) is 17.3 Å². The molecule has 2 heteroatoms. The van der Waals surface area contributed by atoms with Gasteiger partial charge in [-0.2, -0.15) is 0 Å². The predicted octanol–water partition coefficient (Wildman–Crippen LogP) is 3.43. The summed E-state index contributed by atoms with van der Waals surface area (Å²) in [6, 6.07) is 0. The van der Waals surface area contributed by atoms with Gasteiger partial charge in [-0.05, 0) is 23.6 Å². The Balaban J connectivity index is 3.11. The lowest BCUT2D eigenvalue weighted by Gasteiger charge is -2.04. The first-order valence-electron chi connectivity index (χ1n) is 4.20. The number of allylic oxidation sites excluding steroid dienone is 5. The Morgan fingerprint density at radius 2 is 2.00 bits per heavy atom. The van der Waals surface area contributed by atoms with Crippen molar-refractivity contribution in [2.45, 2.75) is 13.8 Å². The van der Waals surface area contributed by atoms with Crippen molar-refractivity contribution in [1.29, 1.82) is 0 Å². The van der Waals surface area contributed by atoms with Crippen molar-refractivity contribution in [1.82, 2.24) is 0 Å². The van der Waals surface area contributed by atoms with Crippen molar-refractivity contribution in [2.75, 3.05) is 0 Å². The summed E-state index contributed by atoms with van der Waals surface area (Å²) in [5.74, 6) is -0.337. The normalized spacial score (nSPS) is 17.8. The molecule has 0 saturated heterocycles. The number of hydrogen-bond acceptors (Lipinski definition) is 1. The van der Waals surface area contributed by atoms with Crippen molar-refractivity contribution in [2.24, 2.45) is 5.92 Å². The van der Waals surface area contributed by atoms with Gasteiger partial charge in [0.15, 0.2) is 0 Å². The lowest BCUT2D eigenvalue weighted by atomic mass is 10.0. The van der Waals surface area contributed by atoms with E-state index < -0.39 is 5.83 Å². The summed E-state index contributed by atoms with van der Waals surface area (Å²) in [5, 5.41) is 9.26. The van der Waals surface area contributed by atoms with Crippen LogP contribution in [0.1, 0.15) is 13.8 Å². The van der Waals surface area contributed by atoms with E-state index in [9.17, 15) is 9.50 Å². The van der Waals surface area contributed by atoms with Crippen molar-refractivity contribution in [3.05, 3.63) is 47.5 Å². The van der Waals surface area contributed by atoms with Gasteiger partial charge in [-0.1, -0.05) is 26.5 Å². The summed E-state index contributed by atoms with van der Waals surface area (Å²) in [7, 11) is 0. The smallest absolute Gasteiger partial charge is 0.133 e. The van der Waals surface area contributed by atoms with E-state index in [0.717, 1.165) is 5.57 Å². The average Bonchev–Trinajstić information content (AvgIpc) is 2.19. The van der Waals surface area contributed by atoms with E-state index in [1.165, 1.54) is 12.2 Å². The maximum Gasteiger partial charge on any atom is 0.133 e. The van der Waals surface area contributed by atoms with Crippen LogP contribution in [0.15, 0.2) is 47.5 Å². The van der Waals surface area contributed by atoms with E-state index in [4.69, 9.17) is 0 Å². The van der Waals surface area contributed by atoms with Gasteiger partial charge < -0.3 is 5.11 Å². The number of hydrogen-bond donors (Lipinski definition) is 1. The summed E-state index contributed by atoms with van der Waals surface area (Å²) in [5.41, 5.74) is 0.898. The van der Waals surface area contributed by atoms with Crippen LogP contribution < -0.4 is 0 Å². The Labute approximate surface area is 77.6 Å². The molecule has 1 N–H and O–H groups in total. The Morgan fingerprint density at radius 3 is 2.54 bits per heavy atom. The molecule has 1 aliphatic carbocycles. The van der Waals surface area contributed by atoms with E-state index >= 15 is 0 Å². The Hall–Kier alpha value is -1.31. The second kappa shape index (κ2) is 3.60. The first kappa shape index (κ1) is 9.78. The first-order valence-corrected chi connectivity index (χ1v) is 4.20. The highest BCUT2D eigenvalue weighted by atomic mass is 19.1. The summed E-state index contributed by atoms with van der Waals surface area (Å²) in [6.45, 7) is 7.37. The molecule has 1 rings (SSSR count). The van der Waals surface area contributed by atoms with Crippen molar-refractivity contribution >= 4 is 0 Å². The molecular weight excluding hydrogens is 167 g/mol. The third-order valence-corrected chi connectivity index (χ3v) is 1.99. The molecule has 0 unspecified atom stereocenters. The van der Waals surface area contributed by atoms with Crippen LogP contribution >= 0.6 is 0 Å². The molecule has 0 spiro atoms. The molecular formula is C11H13FO. The van der Waals surface area contributed by atoms with Crippen LogP contribution in [0.5, 0.6) is 0 Å². The fourth-order valence-corrected chi connectivity index (χ4v) is 1.04. The third-order valence-electron chi connectivity index (χ3n) is 1.99. The highest BCUT2D eigenvalue weighted by Gasteiger charge is 2.11. The van der Waals surface area contributed by atoms with E-state index in [1.54, 1.807) is 6.08 Å². The molecule has 1 aliphatic rings.